The molecule has 0 spiro atoms. The standard InChI is InChI=1S/C17H20O11S/c1-7-10(26-17-15(22)14(21)13(20)11(5-18)27-17)3-2-9-8(6-29(23,24)25)4-12(19)28-16(7)9/h2-4,11,13-15,17-18,20-22H,5-6H2,1H3,(H,23,24,25)/t11?,13-,14+,15?,17+/m0/s1. The Hall–Kier alpha value is -2.06. The lowest BCUT2D eigenvalue weighted by Crippen LogP contribution is -2.60. The molecule has 5 N–H and O–H groups in total. The quantitative estimate of drug-likeness (QED) is 0.278. The van der Waals surface area contributed by atoms with Crippen molar-refractivity contribution in [2.75, 3.05) is 6.61 Å². The molecule has 1 aromatic carbocycles. The zero-order valence-electron chi connectivity index (χ0n) is 15.1. The molecule has 0 aliphatic carbocycles. The fraction of sp³-hybridized carbons (Fsp3) is 0.471. The predicted molar refractivity (Wildman–Crippen MR) is 96.9 cm³/mol. The third-order valence-electron chi connectivity index (χ3n) is 4.63. The van der Waals surface area contributed by atoms with E-state index in [0.29, 0.717) is 0 Å². The number of ether oxygens (including phenoxy) is 2. The fourth-order valence-electron chi connectivity index (χ4n) is 3.14. The van der Waals surface area contributed by atoms with E-state index in [-0.39, 0.29) is 27.8 Å². The number of aliphatic hydroxyl groups is 4. The molecule has 2 heterocycles. The van der Waals surface area contributed by atoms with E-state index < -0.39 is 58.8 Å². The second-order valence-corrected chi connectivity index (χ2v) is 8.15. The van der Waals surface area contributed by atoms with Gasteiger partial charge in [0.15, 0.2) is 0 Å². The van der Waals surface area contributed by atoms with Gasteiger partial charge in [-0.15, -0.1) is 0 Å². The first kappa shape index (κ1) is 21.6. The molecule has 0 radical (unpaired) electrons. The molecular formula is C17H20O11S. The fourth-order valence-corrected chi connectivity index (χ4v) is 3.77. The molecule has 3 rings (SSSR count). The summed E-state index contributed by atoms with van der Waals surface area (Å²) >= 11 is 0. The number of rotatable bonds is 5. The van der Waals surface area contributed by atoms with Crippen molar-refractivity contribution >= 4 is 21.1 Å². The van der Waals surface area contributed by atoms with Crippen molar-refractivity contribution in [2.24, 2.45) is 0 Å². The van der Waals surface area contributed by atoms with E-state index in [4.69, 9.17) is 18.4 Å². The van der Waals surface area contributed by atoms with E-state index in [1.54, 1.807) is 0 Å². The second-order valence-electron chi connectivity index (χ2n) is 6.70. The molecule has 1 aliphatic heterocycles. The maximum absolute atomic E-state index is 11.8. The zero-order chi connectivity index (χ0) is 21.5. The lowest BCUT2D eigenvalue weighted by Gasteiger charge is -2.39. The molecule has 1 aliphatic rings. The van der Waals surface area contributed by atoms with Gasteiger partial charge in [0.2, 0.25) is 6.29 Å². The molecule has 1 fully saturated rings. The van der Waals surface area contributed by atoms with Crippen molar-refractivity contribution in [3.05, 3.63) is 39.7 Å². The average molecular weight is 432 g/mol. The van der Waals surface area contributed by atoms with Gasteiger partial charge in [-0.2, -0.15) is 8.42 Å². The number of fused-ring (bicyclic) bond motifs is 1. The van der Waals surface area contributed by atoms with Gasteiger partial charge in [0.05, 0.1) is 6.61 Å². The second kappa shape index (κ2) is 7.99. The molecule has 12 heteroatoms. The first-order valence-electron chi connectivity index (χ1n) is 8.50. The SMILES string of the molecule is Cc1c(O[C@@H]2OC(CO)[C@H](O)[C@@H](O)C2O)ccc2c(CS(=O)(=O)O)cc(=O)oc12. The van der Waals surface area contributed by atoms with Gasteiger partial charge in [-0.25, -0.2) is 4.79 Å². The van der Waals surface area contributed by atoms with E-state index in [1.165, 1.54) is 19.1 Å². The predicted octanol–water partition coefficient (Wildman–Crippen LogP) is -1.33. The first-order chi connectivity index (χ1) is 13.5. The Balaban J connectivity index is 1.99. The van der Waals surface area contributed by atoms with Gasteiger partial charge in [-0.05, 0) is 24.6 Å². The number of hydrogen-bond donors (Lipinski definition) is 5. The molecule has 1 aromatic heterocycles. The lowest BCUT2D eigenvalue weighted by molar-refractivity contribution is -0.277. The summed E-state index contributed by atoms with van der Waals surface area (Å²) in [4.78, 5) is 11.8. The summed E-state index contributed by atoms with van der Waals surface area (Å²) in [5.74, 6) is -0.712. The first-order valence-corrected chi connectivity index (χ1v) is 10.1. The van der Waals surface area contributed by atoms with Crippen LogP contribution in [0.4, 0.5) is 0 Å². The van der Waals surface area contributed by atoms with Crippen molar-refractivity contribution in [1.29, 1.82) is 0 Å². The van der Waals surface area contributed by atoms with Crippen LogP contribution in [0.2, 0.25) is 0 Å². The van der Waals surface area contributed by atoms with Crippen LogP contribution in [0.5, 0.6) is 5.75 Å². The van der Waals surface area contributed by atoms with Crippen LogP contribution in [0.1, 0.15) is 11.1 Å². The molecule has 0 amide bonds. The molecule has 0 saturated carbocycles. The molecule has 2 aromatic rings. The molecule has 0 bridgehead atoms. The smallest absolute Gasteiger partial charge is 0.336 e. The highest BCUT2D eigenvalue weighted by molar-refractivity contribution is 7.85. The molecule has 2 unspecified atom stereocenters. The Morgan fingerprint density at radius 3 is 2.45 bits per heavy atom. The maximum Gasteiger partial charge on any atom is 0.336 e. The summed E-state index contributed by atoms with van der Waals surface area (Å²) in [7, 11) is -4.40. The summed E-state index contributed by atoms with van der Waals surface area (Å²) < 4.78 is 47.5. The Labute approximate surface area is 164 Å². The normalized spacial score (nSPS) is 27.9. The Kier molecular flexibility index (Phi) is 5.96. The number of aryl methyl sites for hydroxylation is 1. The van der Waals surface area contributed by atoms with Crippen LogP contribution in [-0.4, -0.2) is 70.7 Å². The van der Waals surface area contributed by atoms with Crippen molar-refractivity contribution < 1.29 is 47.3 Å². The highest BCUT2D eigenvalue weighted by Gasteiger charge is 2.44. The monoisotopic (exact) mass is 432 g/mol. The summed E-state index contributed by atoms with van der Waals surface area (Å²) in [6.07, 6.45) is -7.44. The van der Waals surface area contributed by atoms with Crippen LogP contribution in [0, 0.1) is 6.92 Å². The summed E-state index contributed by atoms with van der Waals surface area (Å²) in [5, 5.41) is 39.3. The van der Waals surface area contributed by atoms with Crippen LogP contribution < -0.4 is 10.4 Å². The minimum absolute atomic E-state index is 0.00163. The van der Waals surface area contributed by atoms with Gasteiger partial charge in [0, 0.05) is 17.0 Å². The molecule has 11 nitrogen and oxygen atoms in total. The van der Waals surface area contributed by atoms with Gasteiger partial charge in [0.1, 0.15) is 41.5 Å². The van der Waals surface area contributed by atoms with E-state index in [9.17, 15) is 33.6 Å². The molecule has 5 atom stereocenters. The van der Waals surface area contributed by atoms with Crippen LogP contribution in [0.15, 0.2) is 27.4 Å². The van der Waals surface area contributed by atoms with E-state index in [1.807, 2.05) is 0 Å². The van der Waals surface area contributed by atoms with Gasteiger partial charge < -0.3 is 34.3 Å². The highest BCUT2D eigenvalue weighted by atomic mass is 32.2. The van der Waals surface area contributed by atoms with Gasteiger partial charge >= 0.3 is 5.63 Å². The highest BCUT2D eigenvalue weighted by Crippen LogP contribution is 2.32. The van der Waals surface area contributed by atoms with E-state index in [0.717, 1.165) is 6.07 Å². The summed E-state index contributed by atoms with van der Waals surface area (Å²) in [6, 6.07) is 3.74. The Morgan fingerprint density at radius 1 is 1.14 bits per heavy atom. The molecular weight excluding hydrogens is 412 g/mol. The number of hydrogen-bond acceptors (Lipinski definition) is 10. The van der Waals surface area contributed by atoms with Crippen molar-refractivity contribution in [1.82, 2.24) is 0 Å². The number of benzene rings is 1. The number of aliphatic hydroxyl groups excluding tert-OH is 4. The average Bonchev–Trinajstić information content (AvgIpc) is 2.63. The largest absolute Gasteiger partial charge is 0.462 e. The minimum atomic E-state index is -4.40. The molecule has 29 heavy (non-hydrogen) atoms. The topological polar surface area (TPSA) is 184 Å². The van der Waals surface area contributed by atoms with E-state index in [2.05, 4.69) is 0 Å². The third kappa shape index (κ3) is 4.43. The van der Waals surface area contributed by atoms with Gasteiger partial charge in [0.25, 0.3) is 10.1 Å². The lowest BCUT2D eigenvalue weighted by atomic mass is 9.99. The van der Waals surface area contributed by atoms with Crippen molar-refractivity contribution in [3.8, 4) is 5.75 Å². The summed E-state index contributed by atoms with van der Waals surface area (Å²) in [5.41, 5.74) is -0.558. The summed E-state index contributed by atoms with van der Waals surface area (Å²) in [6.45, 7) is 0.872. The van der Waals surface area contributed by atoms with Crippen LogP contribution >= 0.6 is 0 Å². The van der Waals surface area contributed by atoms with Crippen LogP contribution in [-0.2, 0) is 20.6 Å². The maximum atomic E-state index is 11.8. The van der Waals surface area contributed by atoms with Crippen LogP contribution in [0.25, 0.3) is 11.0 Å². The van der Waals surface area contributed by atoms with Gasteiger partial charge in [-0.1, -0.05) is 0 Å². The Morgan fingerprint density at radius 2 is 1.83 bits per heavy atom. The molecule has 1 saturated heterocycles. The van der Waals surface area contributed by atoms with E-state index >= 15 is 0 Å². The van der Waals surface area contributed by atoms with Gasteiger partial charge in [-0.3, -0.25) is 4.55 Å². The minimum Gasteiger partial charge on any atom is -0.462 e. The molecule has 160 valence electrons. The van der Waals surface area contributed by atoms with Crippen LogP contribution in [0.3, 0.4) is 0 Å². The van der Waals surface area contributed by atoms with Crippen molar-refractivity contribution in [3.63, 3.8) is 0 Å². The van der Waals surface area contributed by atoms with Crippen molar-refractivity contribution in [2.45, 2.75) is 43.4 Å². The zero-order valence-corrected chi connectivity index (χ0v) is 15.9. The third-order valence-corrected chi connectivity index (χ3v) is 5.30. The Bertz CT molecular complexity index is 1060.